The lowest BCUT2D eigenvalue weighted by atomic mass is 10.2. The molecule has 2 rings (SSSR count). The molecular formula is C13H8ClF4NO2S. The summed E-state index contributed by atoms with van der Waals surface area (Å²) in [5.41, 5.74) is -1.66. The van der Waals surface area contributed by atoms with Gasteiger partial charge < -0.3 is 0 Å². The van der Waals surface area contributed by atoms with E-state index in [4.69, 9.17) is 11.6 Å². The van der Waals surface area contributed by atoms with Crippen molar-refractivity contribution >= 4 is 27.3 Å². The monoisotopic (exact) mass is 353 g/mol. The van der Waals surface area contributed by atoms with E-state index in [9.17, 15) is 26.0 Å². The molecule has 0 heterocycles. The highest BCUT2D eigenvalue weighted by molar-refractivity contribution is 7.92. The second kappa shape index (κ2) is 5.77. The number of nitrogens with one attached hydrogen (secondary N) is 1. The van der Waals surface area contributed by atoms with Crippen molar-refractivity contribution in [1.82, 2.24) is 0 Å². The Morgan fingerprint density at radius 2 is 1.68 bits per heavy atom. The molecule has 0 aliphatic heterocycles. The maximum absolute atomic E-state index is 13.2. The summed E-state index contributed by atoms with van der Waals surface area (Å²) < 4.78 is 77.3. The van der Waals surface area contributed by atoms with Crippen LogP contribution in [0.3, 0.4) is 0 Å². The number of hydrogen-bond acceptors (Lipinski definition) is 2. The highest BCUT2D eigenvalue weighted by atomic mass is 35.5. The van der Waals surface area contributed by atoms with Gasteiger partial charge in [0.1, 0.15) is 5.82 Å². The number of benzene rings is 2. The van der Waals surface area contributed by atoms with Crippen LogP contribution in [0.1, 0.15) is 5.56 Å². The number of rotatable bonds is 3. The van der Waals surface area contributed by atoms with E-state index in [2.05, 4.69) is 4.72 Å². The quantitative estimate of drug-likeness (QED) is 0.836. The highest BCUT2D eigenvalue weighted by Crippen LogP contribution is 2.33. The molecule has 2 aromatic rings. The summed E-state index contributed by atoms with van der Waals surface area (Å²) in [4.78, 5) is -0.721. The van der Waals surface area contributed by atoms with Crippen LogP contribution in [0.25, 0.3) is 0 Å². The summed E-state index contributed by atoms with van der Waals surface area (Å²) in [5, 5.41) is 0.0734. The Bertz CT molecular complexity index is 806. The molecule has 0 bridgehead atoms. The van der Waals surface area contributed by atoms with Crippen LogP contribution < -0.4 is 4.72 Å². The molecular weight excluding hydrogens is 346 g/mol. The third-order valence-electron chi connectivity index (χ3n) is 2.67. The van der Waals surface area contributed by atoms with Gasteiger partial charge in [0.05, 0.1) is 21.2 Å². The molecule has 1 N–H and O–H groups in total. The van der Waals surface area contributed by atoms with E-state index in [0.717, 1.165) is 6.07 Å². The van der Waals surface area contributed by atoms with E-state index >= 15 is 0 Å². The van der Waals surface area contributed by atoms with Gasteiger partial charge in [-0.3, -0.25) is 4.72 Å². The van der Waals surface area contributed by atoms with E-state index in [-0.39, 0.29) is 16.8 Å². The molecule has 0 saturated heterocycles. The van der Waals surface area contributed by atoms with Crippen LogP contribution in [0.5, 0.6) is 0 Å². The fraction of sp³-hybridized carbons (Fsp3) is 0.0769. The van der Waals surface area contributed by atoms with Gasteiger partial charge in [-0.15, -0.1) is 0 Å². The van der Waals surface area contributed by atoms with Crippen LogP contribution in [0.2, 0.25) is 5.02 Å². The lowest BCUT2D eigenvalue weighted by Crippen LogP contribution is -2.16. The molecule has 9 heteroatoms. The summed E-state index contributed by atoms with van der Waals surface area (Å²) in [6.45, 7) is 0. The number of para-hydroxylation sites is 1. The zero-order chi connectivity index (χ0) is 16.5. The van der Waals surface area contributed by atoms with Crippen molar-refractivity contribution in [2.75, 3.05) is 4.72 Å². The molecule has 0 fully saturated rings. The molecule has 0 aliphatic carbocycles. The van der Waals surface area contributed by atoms with E-state index < -0.39 is 32.5 Å². The normalized spacial score (nSPS) is 12.2. The van der Waals surface area contributed by atoms with Crippen molar-refractivity contribution in [3.05, 3.63) is 58.9 Å². The Hall–Kier alpha value is -1.80. The summed E-state index contributed by atoms with van der Waals surface area (Å²) in [6.07, 6.45) is -5.00. The second-order valence-electron chi connectivity index (χ2n) is 4.22. The fourth-order valence-corrected chi connectivity index (χ4v) is 2.98. The van der Waals surface area contributed by atoms with Crippen LogP contribution in [0, 0.1) is 5.82 Å². The number of halogens is 5. The molecule has 0 aliphatic rings. The first kappa shape index (κ1) is 16.6. The topological polar surface area (TPSA) is 46.2 Å². The fourth-order valence-electron chi connectivity index (χ4n) is 1.64. The molecule has 118 valence electrons. The lowest BCUT2D eigenvalue weighted by Gasteiger charge is -2.12. The zero-order valence-corrected chi connectivity index (χ0v) is 12.2. The van der Waals surface area contributed by atoms with E-state index in [1.807, 2.05) is 0 Å². The SMILES string of the molecule is O=S(=O)(Nc1ccccc1Cl)c1ccc(F)c(C(F)(F)F)c1. The van der Waals surface area contributed by atoms with Gasteiger partial charge in [-0.1, -0.05) is 23.7 Å². The van der Waals surface area contributed by atoms with Crippen LogP contribution >= 0.6 is 11.6 Å². The van der Waals surface area contributed by atoms with Crippen molar-refractivity contribution in [2.24, 2.45) is 0 Å². The maximum Gasteiger partial charge on any atom is 0.419 e. The first-order chi connectivity index (χ1) is 10.1. The molecule has 2 aromatic carbocycles. The van der Waals surface area contributed by atoms with Crippen LogP contribution in [0.15, 0.2) is 47.4 Å². The van der Waals surface area contributed by atoms with Crippen molar-refractivity contribution in [2.45, 2.75) is 11.1 Å². The summed E-state index contributed by atoms with van der Waals surface area (Å²) in [5.74, 6) is -1.55. The van der Waals surface area contributed by atoms with Crippen molar-refractivity contribution < 1.29 is 26.0 Å². The molecule has 0 radical (unpaired) electrons. The summed E-state index contributed by atoms with van der Waals surface area (Å²) >= 11 is 5.78. The van der Waals surface area contributed by atoms with Gasteiger partial charge in [-0.25, -0.2) is 12.8 Å². The number of hydrogen-bond donors (Lipinski definition) is 1. The first-order valence-corrected chi connectivity index (χ1v) is 7.61. The third-order valence-corrected chi connectivity index (χ3v) is 4.36. The van der Waals surface area contributed by atoms with Gasteiger partial charge in [0.2, 0.25) is 0 Å². The van der Waals surface area contributed by atoms with Crippen molar-refractivity contribution in [3.63, 3.8) is 0 Å². The van der Waals surface area contributed by atoms with Gasteiger partial charge in [0, 0.05) is 0 Å². The first-order valence-electron chi connectivity index (χ1n) is 5.75. The van der Waals surface area contributed by atoms with Crippen LogP contribution in [-0.4, -0.2) is 8.42 Å². The molecule has 0 unspecified atom stereocenters. The average Bonchev–Trinajstić information content (AvgIpc) is 2.40. The minimum absolute atomic E-state index is 0.00190. The number of alkyl halides is 3. The Morgan fingerprint density at radius 3 is 2.27 bits per heavy atom. The predicted octanol–water partition coefficient (Wildman–Crippen LogP) is 4.30. The third kappa shape index (κ3) is 3.50. The maximum atomic E-state index is 13.2. The summed E-state index contributed by atoms with van der Waals surface area (Å²) in [6, 6.07) is 7.22. The summed E-state index contributed by atoms with van der Waals surface area (Å²) in [7, 11) is -4.34. The molecule has 0 aromatic heterocycles. The zero-order valence-electron chi connectivity index (χ0n) is 10.7. The molecule has 22 heavy (non-hydrogen) atoms. The van der Waals surface area contributed by atoms with E-state index in [0.29, 0.717) is 6.07 Å². The largest absolute Gasteiger partial charge is 0.419 e. The lowest BCUT2D eigenvalue weighted by molar-refractivity contribution is -0.140. The molecule has 0 atom stereocenters. The highest BCUT2D eigenvalue weighted by Gasteiger charge is 2.35. The van der Waals surface area contributed by atoms with Gasteiger partial charge in [0.15, 0.2) is 0 Å². The Labute approximate surface area is 128 Å². The van der Waals surface area contributed by atoms with Gasteiger partial charge in [-0.2, -0.15) is 13.2 Å². The second-order valence-corrected chi connectivity index (χ2v) is 6.31. The molecule has 3 nitrogen and oxygen atoms in total. The van der Waals surface area contributed by atoms with Gasteiger partial charge >= 0.3 is 6.18 Å². The van der Waals surface area contributed by atoms with E-state index in [1.54, 1.807) is 6.07 Å². The van der Waals surface area contributed by atoms with Crippen molar-refractivity contribution in [3.8, 4) is 0 Å². The molecule has 0 spiro atoms. The molecule has 0 saturated carbocycles. The number of sulfonamides is 1. The Kier molecular flexibility index (Phi) is 4.35. The minimum atomic E-state index is -5.00. The van der Waals surface area contributed by atoms with Gasteiger partial charge in [-0.05, 0) is 30.3 Å². The Morgan fingerprint density at radius 1 is 1.05 bits per heavy atom. The average molecular weight is 354 g/mol. The predicted molar refractivity (Wildman–Crippen MR) is 73.7 cm³/mol. The van der Waals surface area contributed by atoms with Crippen molar-refractivity contribution in [1.29, 1.82) is 0 Å². The van der Waals surface area contributed by atoms with Crippen LogP contribution in [-0.2, 0) is 16.2 Å². The number of anilines is 1. The molecule has 0 amide bonds. The Balaban J connectivity index is 2.45. The van der Waals surface area contributed by atoms with Crippen LogP contribution in [0.4, 0.5) is 23.2 Å². The minimum Gasteiger partial charge on any atom is -0.278 e. The standard InChI is InChI=1S/C13H8ClF4NO2S/c14-10-3-1-2-4-12(10)19-22(20,21)8-5-6-11(15)9(7-8)13(16,17)18/h1-7,19H. The van der Waals surface area contributed by atoms with Gasteiger partial charge in [0.25, 0.3) is 10.0 Å². The smallest absolute Gasteiger partial charge is 0.278 e. The van der Waals surface area contributed by atoms with E-state index in [1.165, 1.54) is 18.2 Å².